The number of β-amino-alcohol motifs (C(OH)–C–C–N with tert-alkyl or cyclic N) is 1. The van der Waals surface area contributed by atoms with Crippen molar-refractivity contribution in [3.05, 3.63) is 24.3 Å². The van der Waals surface area contributed by atoms with Gasteiger partial charge in [-0.3, -0.25) is 9.69 Å². The highest BCUT2D eigenvalue weighted by molar-refractivity contribution is 5.73. The zero-order valence-corrected chi connectivity index (χ0v) is 12.3. The highest BCUT2D eigenvalue weighted by Crippen LogP contribution is 2.18. The van der Waals surface area contributed by atoms with Crippen LogP contribution in [0, 0.1) is 0 Å². The van der Waals surface area contributed by atoms with Gasteiger partial charge in [-0.05, 0) is 12.1 Å². The molecule has 1 atom stereocenters. The Balaban J connectivity index is 1.64. The highest BCUT2D eigenvalue weighted by atomic mass is 16.4. The van der Waals surface area contributed by atoms with Gasteiger partial charge in [-0.15, -0.1) is 10.2 Å². The van der Waals surface area contributed by atoms with Crippen molar-refractivity contribution >= 4 is 5.91 Å². The number of aliphatic hydroxyl groups excluding tert-OH is 1. The second-order valence-corrected chi connectivity index (χ2v) is 5.33. The van der Waals surface area contributed by atoms with Crippen molar-refractivity contribution in [2.75, 3.05) is 26.2 Å². The van der Waals surface area contributed by atoms with E-state index in [-0.39, 0.29) is 5.91 Å². The van der Waals surface area contributed by atoms with Gasteiger partial charge in [0.05, 0.1) is 18.9 Å². The van der Waals surface area contributed by atoms with E-state index in [4.69, 9.17) is 8.83 Å². The largest absolute Gasteiger partial charge is 0.459 e. The topological polar surface area (TPSA) is 95.8 Å². The number of rotatable bonds is 3. The minimum Gasteiger partial charge on any atom is -0.459 e. The second-order valence-electron chi connectivity index (χ2n) is 5.33. The van der Waals surface area contributed by atoms with Crippen molar-refractivity contribution in [2.24, 2.45) is 0 Å². The fraction of sp³-hybridized carbons (Fsp3) is 0.500. The third kappa shape index (κ3) is 3.34. The van der Waals surface area contributed by atoms with Gasteiger partial charge in [0.15, 0.2) is 5.76 Å². The van der Waals surface area contributed by atoms with Gasteiger partial charge >= 0.3 is 0 Å². The van der Waals surface area contributed by atoms with Gasteiger partial charge in [-0.2, -0.15) is 0 Å². The number of carbonyl (C=O) groups is 1. The van der Waals surface area contributed by atoms with E-state index in [1.54, 1.807) is 23.3 Å². The molecule has 1 aliphatic rings. The average Bonchev–Trinajstić information content (AvgIpc) is 3.10. The molecule has 2 aromatic rings. The first kappa shape index (κ1) is 14.7. The van der Waals surface area contributed by atoms with Gasteiger partial charge in [0, 0.05) is 33.1 Å². The van der Waals surface area contributed by atoms with Crippen molar-refractivity contribution in [3.63, 3.8) is 0 Å². The van der Waals surface area contributed by atoms with Crippen molar-refractivity contribution in [1.29, 1.82) is 0 Å². The maximum atomic E-state index is 11.4. The van der Waals surface area contributed by atoms with Gasteiger partial charge in [-0.1, -0.05) is 0 Å². The molecule has 0 bridgehead atoms. The van der Waals surface area contributed by atoms with Gasteiger partial charge in [-0.25, -0.2) is 0 Å². The number of hydrogen-bond donors (Lipinski definition) is 1. The summed E-state index contributed by atoms with van der Waals surface area (Å²) in [6.45, 7) is 3.97. The summed E-state index contributed by atoms with van der Waals surface area (Å²) in [5.74, 6) is 1.28. The summed E-state index contributed by atoms with van der Waals surface area (Å²) in [4.78, 5) is 15.1. The Morgan fingerprint density at radius 3 is 3.00 bits per heavy atom. The lowest BCUT2D eigenvalue weighted by atomic mass is 10.3. The molecular formula is C14H18N4O4. The van der Waals surface area contributed by atoms with Gasteiger partial charge in [0.25, 0.3) is 5.89 Å². The van der Waals surface area contributed by atoms with Crippen LogP contribution in [0.5, 0.6) is 0 Å². The Labute approximate surface area is 127 Å². The lowest BCUT2D eigenvalue weighted by molar-refractivity contribution is -0.129. The van der Waals surface area contributed by atoms with Gasteiger partial charge in [0.1, 0.15) is 0 Å². The van der Waals surface area contributed by atoms with Gasteiger partial charge in [0.2, 0.25) is 11.8 Å². The fourth-order valence-electron chi connectivity index (χ4n) is 2.49. The quantitative estimate of drug-likeness (QED) is 0.874. The normalized spacial score (nSPS) is 20.1. The summed E-state index contributed by atoms with van der Waals surface area (Å²) >= 11 is 0. The molecule has 0 radical (unpaired) electrons. The molecule has 8 heteroatoms. The maximum Gasteiger partial charge on any atom is 0.283 e. The van der Waals surface area contributed by atoms with Crippen molar-refractivity contribution in [3.8, 4) is 11.7 Å². The molecule has 1 N–H and O–H groups in total. The van der Waals surface area contributed by atoms with Crippen molar-refractivity contribution in [1.82, 2.24) is 20.0 Å². The van der Waals surface area contributed by atoms with Crippen LogP contribution in [0.3, 0.4) is 0 Å². The molecule has 0 aliphatic carbocycles. The Morgan fingerprint density at radius 1 is 1.41 bits per heavy atom. The number of aliphatic hydroxyl groups is 1. The molecule has 2 aromatic heterocycles. The van der Waals surface area contributed by atoms with E-state index < -0.39 is 6.10 Å². The van der Waals surface area contributed by atoms with E-state index in [2.05, 4.69) is 10.2 Å². The molecule has 3 rings (SSSR count). The summed E-state index contributed by atoms with van der Waals surface area (Å²) < 4.78 is 10.8. The summed E-state index contributed by atoms with van der Waals surface area (Å²) in [6.07, 6.45) is 0.958. The minimum absolute atomic E-state index is 0.0289. The van der Waals surface area contributed by atoms with Crippen molar-refractivity contribution in [2.45, 2.75) is 19.6 Å². The highest BCUT2D eigenvalue weighted by Gasteiger charge is 2.24. The third-order valence-corrected chi connectivity index (χ3v) is 3.59. The Kier molecular flexibility index (Phi) is 4.21. The van der Waals surface area contributed by atoms with E-state index >= 15 is 0 Å². The van der Waals surface area contributed by atoms with Crippen LogP contribution in [0.1, 0.15) is 12.8 Å². The van der Waals surface area contributed by atoms with E-state index in [9.17, 15) is 9.90 Å². The van der Waals surface area contributed by atoms with Crippen LogP contribution < -0.4 is 0 Å². The second kappa shape index (κ2) is 6.29. The summed E-state index contributed by atoms with van der Waals surface area (Å²) in [5, 5.41) is 17.9. The molecule has 118 valence electrons. The van der Waals surface area contributed by atoms with Crippen LogP contribution in [0.4, 0.5) is 0 Å². The van der Waals surface area contributed by atoms with E-state index in [0.29, 0.717) is 50.3 Å². The van der Waals surface area contributed by atoms with E-state index in [1.807, 2.05) is 4.90 Å². The molecule has 0 unspecified atom stereocenters. The first-order chi connectivity index (χ1) is 10.6. The number of nitrogens with zero attached hydrogens (tertiary/aromatic N) is 4. The van der Waals surface area contributed by atoms with E-state index in [0.717, 1.165) is 0 Å². The molecule has 1 aliphatic heterocycles. The van der Waals surface area contributed by atoms with Crippen LogP contribution in [-0.2, 0) is 11.3 Å². The maximum absolute atomic E-state index is 11.4. The predicted molar refractivity (Wildman–Crippen MR) is 75.5 cm³/mol. The standard InChI is InChI=1S/C14H18N4O4/c1-10(19)18-5-4-17(7-11(20)8-18)9-13-15-16-14(22-13)12-3-2-6-21-12/h2-3,6,11,20H,4-5,7-9H2,1H3/t11-/m1/s1. The average molecular weight is 306 g/mol. The minimum atomic E-state index is -0.584. The molecule has 0 aromatic carbocycles. The molecule has 1 fully saturated rings. The van der Waals surface area contributed by atoms with Crippen LogP contribution in [-0.4, -0.2) is 63.3 Å². The molecule has 3 heterocycles. The number of amides is 1. The molecular weight excluding hydrogens is 288 g/mol. The molecule has 0 spiro atoms. The van der Waals surface area contributed by atoms with Crippen LogP contribution in [0.25, 0.3) is 11.7 Å². The smallest absolute Gasteiger partial charge is 0.283 e. The van der Waals surface area contributed by atoms with Crippen LogP contribution in [0.15, 0.2) is 27.2 Å². The molecule has 1 saturated heterocycles. The molecule has 0 saturated carbocycles. The number of hydrogen-bond acceptors (Lipinski definition) is 7. The number of carbonyl (C=O) groups excluding carboxylic acids is 1. The predicted octanol–water partition coefficient (Wildman–Crippen LogP) is 0.355. The lowest BCUT2D eigenvalue weighted by Crippen LogP contribution is -2.36. The SMILES string of the molecule is CC(=O)N1CCN(Cc2nnc(-c3ccco3)o2)C[C@@H](O)C1. The number of aromatic nitrogens is 2. The summed E-state index contributed by atoms with van der Waals surface area (Å²) in [6, 6.07) is 3.50. The van der Waals surface area contributed by atoms with Crippen molar-refractivity contribution < 1.29 is 18.7 Å². The third-order valence-electron chi connectivity index (χ3n) is 3.59. The Morgan fingerprint density at radius 2 is 2.27 bits per heavy atom. The zero-order chi connectivity index (χ0) is 15.5. The van der Waals surface area contributed by atoms with Crippen LogP contribution >= 0.6 is 0 Å². The Bertz CT molecular complexity index is 625. The molecule has 8 nitrogen and oxygen atoms in total. The molecule has 22 heavy (non-hydrogen) atoms. The summed E-state index contributed by atoms with van der Waals surface area (Å²) in [5.41, 5.74) is 0. The number of furan rings is 1. The lowest BCUT2D eigenvalue weighted by Gasteiger charge is -2.19. The first-order valence-corrected chi connectivity index (χ1v) is 7.14. The van der Waals surface area contributed by atoms with Gasteiger partial charge < -0.3 is 18.8 Å². The summed E-state index contributed by atoms with van der Waals surface area (Å²) in [7, 11) is 0. The zero-order valence-electron chi connectivity index (χ0n) is 12.3. The Hall–Kier alpha value is -2.19. The van der Waals surface area contributed by atoms with Crippen LogP contribution in [0.2, 0.25) is 0 Å². The molecule has 1 amide bonds. The first-order valence-electron chi connectivity index (χ1n) is 7.14. The monoisotopic (exact) mass is 306 g/mol. The van der Waals surface area contributed by atoms with E-state index in [1.165, 1.54) is 6.92 Å². The fourth-order valence-corrected chi connectivity index (χ4v) is 2.49.